The zero-order valence-corrected chi connectivity index (χ0v) is 12.0. The van der Waals surface area contributed by atoms with Gasteiger partial charge in [0.1, 0.15) is 12.2 Å². The lowest BCUT2D eigenvalue weighted by molar-refractivity contribution is -0.143. The molecule has 0 radical (unpaired) electrons. The summed E-state index contributed by atoms with van der Waals surface area (Å²) in [6, 6.07) is 0. The first-order valence-corrected chi connectivity index (χ1v) is 6.67. The molecule has 104 valence electrons. The van der Waals surface area contributed by atoms with E-state index in [0.29, 0.717) is 5.57 Å². The highest BCUT2D eigenvalue weighted by atomic mass is 32.1. The summed E-state index contributed by atoms with van der Waals surface area (Å²) in [4.78, 5) is 26.6. The van der Waals surface area contributed by atoms with Crippen molar-refractivity contribution in [1.29, 1.82) is 0 Å². The Morgan fingerprint density at radius 3 is 2.79 bits per heavy atom. The van der Waals surface area contributed by atoms with Gasteiger partial charge in [-0.1, -0.05) is 0 Å². The van der Waals surface area contributed by atoms with Crippen molar-refractivity contribution in [2.45, 2.75) is 32.8 Å². The van der Waals surface area contributed by atoms with Crippen molar-refractivity contribution in [2.24, 2.45) is 0 Å². The van der Waals surface area contributed by atoms with Gasteiger partial charge >= 0.3 is 5.97 Å². The summed E-state index contributed by atoms with van der Waals surface area (Å²) in [7, 11) is 1.22. The molecule has 0 aliphatic heterocycles. The van der Waals surface area contributed by atoms with Crippen LogP contribution in [0.25, 0.3) is 6.08 Å². The van der Waals surface area contributed by atoms with Crippen LogP contribution in [0.4, 0.5) is 0 Å². The number of ketones is 1. The summed E-state index contributed by atoms with van der Waals surface area (Å²) in [5, 5.41) is 12.7. The van der Waals surface area contributed by atoms with Crippen molar-refractivity contribution in [3.63, 3.8) is 0 Å². The molecule has 6 heteroatoms. The molecule has 0 fully saturated rings. The maximum absolute atomic E-state index is 11.5. The third-order valence-corrected chi connectivity index (χ3v) is 3.32. The number of Topliss-reactive ketones (excluding diaryl/α,β-unsaturated/α-hetero) is 1. The topological polar surface area (TPSA) is 76.5 Å². The maximum atomic E-state index is 11.5. The first kappa shape index (κ1) is 15.5. The lowest BCUT2D eigenvalue weighted by Gasteiger charge is -2.09. The molecule has 0 bridgehead atoms. The van der Waals surface area contributed by atoms with Crippen molar-refractivity contribution in [2.75, 3.05) is 7.11 Å². The highest BCUT2D eigenvalue weighted by molar-refractivity contribution is 7.09. The molecular formula is C13H17NO4S. The van der Waals surface area contributed by atoms with Crippen molar-refractivity contribution in [1.82, 2.24) is 4.98 Å². The Morgan fingerprint density at radius 2 is 2.26 bits per heavy atom. The van der Waals surface area contributed by atoms with Gasteiger partial charge in [0.05, 0.1) is 23.9 Å². The molecule has 1 aromatic heterocycles. The van der Waals surface area contributed by atoms with Crippen molar-refractivity contribution in [3.8, 4) is 0 Å². The predicted molar refractivity (Wildman–Crippen MR) is 72.8 cm³/mol. The lowest BCUT2D eigenvalue weighted by Crippen LogP contribution is -2.17. The highest BCUT2D eigenvalue weighted by Gasteiger charge is 2.16. The number of methoxy groups -OCH3 is 1. The van der Waals surface area contributed by atoms with Crippen LogP contribution >= 0.6 is 11.3 Å². The normalized spacial score (nSPS) is 13.2. The molecule has 5 nitrogen and oxygen atoms in total. The van der Waals surface area contributed by atoms with Crippen LogP contribution in [0, 0.1) is 6.92 Å². The molecule has 0 aliphatic rings. The highest BCUT2D eigenvalue weighted by Crippen LogP contribution is 2.15. The largest absolute Gasteiger partial charge is 0.469 e. The van der Waals surface area contributed by atoms with Gasteiger partial charge in [-0.2, -0.15) is 0 Å². The van der Waals surface area contributed by atoms with E-state index in [9.17, 15) is 14.7 Å². The van der Waals surface area contributed by atoms with Gasteiger partial charge in [0, 0.05) is 11.8 Å². The SMILES string of the molecule is COC(=O)CC(=O)C[C@H](O)/C(C)=C/c1csc(C)n1. The zero-order chi connectivity index (χ0) is 14.4. The van der Waals surface area contributed by atoms with Gasteiger partial charge in [-0.25, -0.2) is 4.98 Å². The van der Waals surface area contributed by atoms with E-state index in [1.807, 2.05) is 12.3 Å². The van der Waals surface area contributed by atoms with E-state index < -0.39 is 12.1 Å². The fourth-order valence-corrected chi connectivity index (χ4v) is 2.03. The molecule has 0 aromatic carbocycles. The van der Waals surface area contributed by atoms with Crippen LogP contribution in [-0.2, 0) is 14.3 Å². The smallest absolute Gasteiger partial charge is 0.313 e. The Labute approximate surface area is 115 Å². The van der Waals surface area contributed by atoms with E-state index in [0.717, 1.165) is 10.7 Å². The summed E-state index contributed by atoms with van der Waals surface area (Å²) in [6.45, 7) is 3.62. The van der Waals surface area contributed by atoms with E-state index in [-0.39, 0.29) is 18.6 Å². The molecule has 1 N–H and O–H groups in total. The van der Waals surface area contributed by atoms with Gasteiger partial charge in [-0.3, -0.25) is 9.59 Å². The number of hydrogen-bond donors (Lipinski definition) is 1. The van der Waals surface area contributed by atoms with E-state index >= 15 is 0 Å². The zero-order valence-electron chi connectivity index (χ0n) is 11.2. The number of thiazole rings is 1. The minimum Gasteiger partial charge on any atom is -0.469 e. The van der Waals surface area contributed by atoms with Gasteiger partial charge in [0.2, 0.25) is 0 Å². The van der Waals surface area contributed by atoms with Gasteiger partial charge < -0.3 is 9.84 Å². The molecule has 1 aromatic rings. The molecule has 1 atom stereocenters. The summed E-state index contributed by atoms with van der Waals surface area (Å²) in [5.41, 5.74) is 1.41. The molecule has 19 heavy (non-hydrogen) atoms. The van der Waals surface area contributed by atoms with Gasteiger partial charge in [-0.15, -0.1) is 11.3 Å². The second kappa shape index (κ2) is 7.16. The standard InChI is InChI=1S/C13H17NO4S/c1-8(4-10-7-19-9(2)14-10)12(16)5-11(15)6-13(17)18-3/h4,7,12,16H,5-6H2,1-3H3/b8-4+/t12-/m0/s1. The molecule has 1 heterocycles. The fraction of sp³-hybridized carbons (Fsp3) is 0.462. The van der Waals surface area contributed by atoms with Crippen LogP contribution in [0.2, 0.25) is 0 Å². The number of aliphatic hydroxyl groups is 1. The minimum atomic E-state index is -0.904. The van der Waals surface area contributed by atoms with Crippen LogP contribution in [0.3, 0.4) is 0 Å². The van der Waals surface area contributed by atoms with Crippen molar-refractivity contribution in [3.05, 3.63) is 21.7 Å². The van der Waals surface area contributed by atoms with Crippen LogP contribution in [0.5, 0.6) is 0 Å². The molecular weight excluding hydrogens is 266 g/mol. The minimum absolute atomic E-state index is 0.0967. The molecule has 0 aliphatic carbocycles. The van der Waals surface area contributed by atoms with Crippen LogP contribution < -0.4 is 0 Å². The second-order valence-corrected chi connectivity index (χ2v) is 5.25. The third kappa shape index (κ3) is 5.32. The monoisotopic (exact) mass is 283 g/mol. The van der Waals surface area contributed by atoms with Crippen LogP contribution in [0.15, 0.2) is 11.0 Å². The predicted octanol–water partition coefficient (Wildman–Crippen LogP) is 1.74. The number of aryl methyl sites for hydroxylation is 1. The average Bonchev–Trinajstić information content (AvgIpc) is 2.74. The number of rotatable bonds is 6. The number of esters is 1. The Balaban J connectivity index is 2.57. The van der Waals surface area contributed by atoms with Crippen LogP contribution in [0.1, 0.15) is 30.5 Å². The summed E-state index contributed by atoms with van der Waals surface area (Å²) < 4.78 is 4.40. The van der Waals surface area contributed by atoms with E-state index in [1.54, 1.807) is 13.0 Å². The summed E-state index contributed by atoms with van der Waals surface area (Å²) >= 11 is 1.52. The number of carbonyl (C=O) groups is 2. The Morgan fingerprint density at radius 1 is 1.58 bits per heavy atom. The maximum Gasteiger partial charge on any atom is 0.313 e. The lowest BCUT2D eigenvalue weighted by atomic mass is 10.0. The quantitative estimate of drug-likeness (QED) is 0.635. The molecule has 0 spiro atoms. The number of nitrogens with zero attached hydrogens (tertiary/aromatic N) is 1. The Kier molecular flexibility index (Phi) is 5.85. The number of aromatic nitrogens is 1. The van der Waals surface area contributed by atoms with Gasteiger partial charge in [-0.05, 0) is 25.5 Å². The third-order valence-electron chi connectivity index (χ3n) is 2.53. The number of carbonyl (C=O) groups excluding carboxylic acids is 2. The first-order chi connectivity index (χ1) is 8.92. The summed E-state index contributed by atoms with van der Waals surface area (Å²) in [5.74, 6) is -0.935. The second-order valence-electron chi connectivity index (χ2n) is 4.19. The number of ether oxygens (including phenoxy) is 1. The van der Waals surface area contributed by atoms with Crippen molar-refractivity contribution < 1.29 is 19.4 Å². The number of aliphatic hydroxyl groups excluding tert-OH is 1. The van der Waals surface area contributed by atoms with E-state index in [2.05, 4.69) is 9.72 Å². The fourth-order valence-electron chi connectivity index (χ4n) is 1.46. The molecule has 0 saturated heterocycles. The van der Waals surface area contributed by atoms with E-state index in [1.165, 1.54) is 18.4 Å². The molecule has 0 amide bonds. The average molecular weight is 283 g/mol. The van der Waals surface area contributed by atoms with E-state index in [4.69, 9.17) is 0 Å². The first-order valence-electron chi connectivity index (χ1n) is 5.79. The Bertz CT molecular complexity index is 493. The molecule has 1 rings (SSSR count). The van der Waals surface area contributed by atoms with Gasteiger partial charge in [0.15, 0.2) is 0 Å². The van der Waals surface area contributed by atoms with Crippen LogP contribution in [-0.4, -0.2) is 35.1 Å². The van der Waals surface area contributed by atoms with Gasteiger partial charge in [0.25, 0.3) is 0 Å². The molecule has 0 unspecified atom stereocenters. The number of hydrogen-bond acceptors (Lipinski definition) is 6. The molecule has 0 saturated carbocycles. The van der Waals surface area contributed by atoms with Crippen molar-refractivity contribution >= 4 is 29.2 Å². The Hall–Kier alpha value is -1.53. The summed E-state index contributed by atoms with van der Waals surface area (Å²) in [6.07, 6.45) is 0.427.